The lowest BCUT2D eigenvalue weighted by Gasteiger charge is -1.99. The summed E-state index contributed by atoms with van der Waals surface area (Å²) in [7, 11) is 0. The second kappa shape index (κ2) is 6.43. The Balaban J connectivity index is 1.52. The standard InChI is InChI=1S/C12H12N6O3S/c1-7-16-17-10(20-7)4-13-11(19)9-3-2-8(21-9)5-22-12-14-6-15-18-12/h2-3,6H,4-5H2,1H3,(H,13,19)(H,14,15,18). The van der Waals surface area contributed by atoms with Gasteiger partial charge in [0.1, 0.15) is 12.1 Å². The maximum Gasteiger partial charge on any atom is 0.287 e. The maximum absolute atomic E-state index is 11.9. The lowest BCUT2D eigenvalue weighted by Crippen LogP contribution is -2.22. The maximum atomic E-state index is 11.9. The van der Waals surface area contributed by atoms with Crippen molar-refractivity contribution < 1.29 is 13.6 Å². The smallest absolute Gasteiger partial charge is 0.287 e. The lowest BCUT2D eigenvalue weighted by molar-refractivity contribution is 0.0918. The van der Waals surface area contributed by atoms with E-state index in [2.05, 4.69) is 30.7 Å². The van der Waals surface area contributed by atoms with E-state index in [9.17, 15) is 4.79 Å². The minimum atomic E-state index is -0.341. The zero-order valence-corrected chi connectivity index (χ0v) is 12.4. The van der Waals surface area contributed by atoms with E-state index in [0.717, 1.165) is 0 Å². The summed E-state index contributed by atoms with van der Waals surface area (Å²) in [5.74, 6) is 1.90. The number of hydrogen-bond donors (Lipinski definition) is 2. The van der Waals surface area contributed by atoms with Gasteiger partial charge in [0, 0.05) is 6.92 Å². The number of carbonyl (C=O) groups is 1. The predicted octanol–water partition coefficient (Wildman–Crippen LogP) is 1.31. The number of H-pyrrole nitrogens is 1. The summed E-state index contributed by atoms with van der Waals surface area (Å²) in [4.78, 5) is 15.9. The highest BCUT2D eigenvalue weighted by atomic mass is 32.2. The number of carbonyl (C=O) groups excluding carboxylic acids is 1. The molecule has 114 valence electrons. The molecule has 0 aromatic carbocycles. The molecule has 3 aromatic heterocycles. The summed E-state index contributed by atoms with van der Waals surface area (Å²) in [5, 5.41) is 17.3. The van der Waals surface area contributed by atoms with Crippen LogP contribution in [0.25, 0.3) is 0 Å². The van der Waals surface area contributed by atoms with Gasteiger partial charge in [0.05, 0.1) is 12.3 Å². The molecule has 0 aliphatic rings. The Morgan fingerprint density at radius 2 is 2.27 bits per heavy atom. The number of hydrogen-bond acceptors (Lipinski definition) is 8. The summed E-state index contributed by atoms with van der Waals surface area (Å²) in [5.41, 5.74) is 0. The SMILES string of the molecule is Cc1nnc(CNC(=O)c2ccc(CSc3ncn[nH]3)o2)o1. The molecule has 0 bridgehead atoms. The highest BCUT2D eigenvalue weighted by Crippen LogP contribution is 2.20. The van der Waals surface area contributed by atoms with Crippen molar-refractivity contribution in [1.82, 2.24) is 30.7 Å². The fraction of sp³-hybridized carbons (Fsp3) is 0.250. The van der Waals surface area contributed by atoms with Crippen molar-refractivity contribution >= 4 is 17.7 Å². The third-order valence-corrected chi connectivity index (χ3v) is 3.50. The number of thioether (sulfide) groups is 1. The van der Waals surface area contributed by atoms with E-state index in [1.54, 1.807) is 19.1 Å². The molecule has 0 fully saturated rings. The van der Waals surface area contributed by atoms with E-state index in [-0.39, 0.29) is 18.2 Å². The molecule has 3 heterocycles. The first-order chi connectivity index (χ1) is 10.7. The Morgan fingerprint density at radius 1 is 1.36 bits per heavy atom. The van der Waals surface area contributed by atoms with Crippen LogP contribution in [0.5, 0.6) is 0 Å². The topological polar surface area (TPSA) is 123 Å². The predicted molar refractivity (Wildman–Crippen MR) is 74.9 cm³/mol. The van der Waals surface area contributed by atoms with Gasteiger partial charge in [-0.25, -0.2) is 4.98 Å². The van der Waals surface area contributed by atoms with Crippen molar-refractivity contribution in [2.75, 3.05) is 0 Å². The fourth-order valence-electron chi connectivity index (χ4n) is 1.63. The van der Waals surface area contributed by atoms with E-state index < -0.39 is 0 Å². The molecule has 9 nitrogen and oxygen atoms in total. The molecular weight excluding hydrogens is 308 g/mol. The quantitative estimate of drug-likeness (QED) is 0.652. The first-order valence-electron chi connectivity index (χ1n) is 6.35. The average Bonchev–Trinajstić information content (AvgIpc) is 3.24. The van der Waals surface area contributed by atoms with Crippen LogP contribution in [0.1, 0.15) is 28.1 Å². The van der Waals surface area contributed by atoms with Crippen LogP contribution in [0, 0.1) is 6.92 Å². The van der Waals surface area contributed by atoms with Gasteiger partial charge in [0.25, 0.3) is 5.91 Å². The van der Waals surface area contributed by atoms with Crippen LogP contribution < -0.4 is 5.32 Å². The van der Waals surface area contributed by atoms with E-state index >= 15 is 0 Å². The van der Waals surface area contributed by atoms with Crippen molar-refractivity contribution in [1.29, 1.82) is 0 Å². The molecular formula is C12H12N6O3S. The Kier molecular flexibility index (Phi) is 4.19. The first kappa shape index (κ1) is 14.3. The van der Waals surface area contributed by atoms with Gasteiger partial charge in [0.15, 0.2) is 10.9 Å². The van der Waals surface area contributed by atoms with Crippen molar-refractivity contribution in [3.63, 3.8) is 0 Å². The van der Waals surface area contributed by atoms with E-state index in [1.807, 2.05) is 0 Å². The number of rotatable bonds is 6. The zero-order valence-electron chi connectivity index (χ0n) is 11.6. The molecule has 0 unspecified atom stereocenters. The third-order valence-electron chi connectivity index (χ3n) is 2.60. The third kappa shape index (κ3) is 3.52. The number of nitrogens with one attached hydrogen (secondary N) is 2. The van der Waals surface area contributed by atoms with E-state index in [4.69, 9.17) is 8.83 Å². The Hall–Kier alpha value is -2.62. The number of aromatic nitrogens is 5. The fourth-order valence-corrected chi connectivity index (χ4v) is 2.31. The van der Waals surface area contributed by atoms with Gasteiger partial charge >= 0.3 is 0 Å². The summed E-state index contributed by atoms with van der Waals surface area (Å²) in [6.45, 7) is 1.84. The van der Waals surface area contributed by atoms with Crippen LogP contribution in [0.3, 0.4) is 0 Å². The molecule has 0 atom stereocenters. The second-order valence-electron chi connectivity index (χ2n) is 4.24. The van der Waals surface area contributed by atoms with Gasteiger partial charge in [-0.3, -0.25) is 9.89 Å². The highest BCUT2D eigenvalue weighted by molar-refractivity contribution is 7.98. The summed E-state index contributed by atoms with van der Waals surface area (Å²) < 4.78 is 10.6. The number of amides is 1. The number of nitrogens with zero attached hydrogens (tertiary/aromatic N) is 4. The van der Waals surface area contributed by atoms with E-state index in [1.165, 1.54) is 18.1 Å². The van der Waals surface area contributed by atoms with Gasteiger partial charge in [0.2, 0.25) is 11.8 Å². The molecule has 0 radical (unpaired) electrons. The summed E-state index contributed by atoms with van der Waals surface area (Å²) in [6, 6.07) is 3.36. The molecule has 3 rings (SSSR count). The van der Waals surface area contributed by atoms with Crippen LogP contribution in [-0.2, 0) is 12.3 Å². The minimum Gasteiger partial charge on any atom is -0.455 e. The normalized spacial score (nSPS) is 10.8. The van der Waals surface area contributed by atoms with Crippen LogP contribution in [0.4, 0.5) is 0 Å². The van der Waals surface area contributed by atoms with Crippen LogP contribution >= 0.6 is 11.8 Å². The molecule has 0 spiro atoms. The molecule has 22 heavy (non-hydrogen) atoms. The van der Waals surface area contributed by atoms with Gasteiger partial charge in [-0.1, -0.05) is 11.8 Å². The molecule has 0 aliphatic heterocycles. The van der Waals surface area contributed by atoms with Crippen molar-refractivity contribution in [2.24, 2.45) is 0 Å². The second-order valence-corrected chi connectivity index (χ2v) is 5.21. The summed E-state index contributed by atoms with van der Waals surface area (Å²) in [6.07, 6.45) is 1.43. The first-order valence-corrected chi connectivity index (χ1v) is 7.33. The van der Waals surface area contributed by atoms with E-state index in [0.29, 0.717) is 28.5 Å². The molecule has 0 saturated carbocycles. The molecule has 1 amide bonds. The largest absolute Gasteiger partial charge is 0.455 e. The van der Waals surface area contributed by atoms with Crippen LogP contribution in [0.15, 0.2) is 32.5 Å². The molecule has 3 aromatic rings. The molecule has 10 heteroatoms. The molecule has 0 aliphatic carbocycles. The Bertz CT molecular complexity index is 751. The molecule has 2 N–H and O–H groups in total. The van der Waals surface area contributed by atoms with Crippen molar-refractivity contribution in [2.45, 2.75) is 24.4 Å². The number of aryl methyl sites for hydroxylation is 1. The summed E-state index contributed by atoms with van der Waals surface area (Å²) >= 11 is 1.43. The molecule has 0 saturated heterocycles. The Morgan fingerprint density at radius 3 is 3.00 bits per heavy atom. The zero-order chi connectivity index (χ0) is 15.4. The number of aromatic amines is 1. The van der Waals surface area contributed by atoms with Crippen molar-refractivity contribution in [3.8, 4) is 0 Å². The lowest BCUT2D eigenvalue weighted by atomic mass is 10.4. The number of furan rings is 1. The monoisotopic (exact) mass is 320 g/mol. The van der Waals surface area contributed by atoms with Crippen LogP contribution in [-0.4, -0.2) is 31.3 Å². The van der Waals surface area contributed by atoms with Gasteiger partial charge in [-0.2, -0.15) is 5.10 Å². The van der Waals surface area contributed by atoms with Gasteiger partial charge in [-0.15, -0.1) is 10.2 Å². The van der Waals surface area contributed by atoms with Gasteiger partial charge < -0.3 is 14.2 Å². The van der Waals surface area contributed by atoms with Crippen LogP contribution in [0.2, 0.25) is 0 Å². The minimum absolute atomic E-state index is 0.155. The average molecular weight is 320 g/mol. The van der Waals surface area contributed by atoms with Crippen molar-refractivity contribution in [3.05, 3.63) is 41.8 Å². The Labute approximate surface area is 128 Å². The van der Waals surface area contributed by atoms with Gasteiger partial charge in [-0.05, 0) is 12.1 Å². The highest BCUT2D eigenvalue weighted by Gasteiger charge is 2.13.